The summed E-state index contributed by atoms with van der Waals surface area (Å²) in [6, 6.07) is 15.1. The second-order valence-corrected chi connectivity index (χ2v) is 7.64. The first-order chi connectivity index (χ1) is 15.2. The molecule has 0 atom stereocenters. The van der Waals surface area contributed by atoms with Crippen molar-refractivity contribution in [2.24, 2.45) is 4.99 Å². The van der Waals surface area contributed by atoms with Gasteiger partial charge in [-0.1, -0.05) is 24.3 Å². The van der Waals surface area contributed by atoms with Crippen LogP contribution in [0, 0.1) is 5.82 Å². The maximum absolute atomic E-state index is 14.6. The third-order valence-corrected chi connectivity index (χ3v) is 5.21. The smallest absolute Gasteiger partial charge is 0.191 e. The van der Waals surface area contributed by atoms with E-state index in [-0.39, 0.29) is 11.9 Å². The summed E-state index contributed by atoms with van der Waals surface area (Å²) in [6.45, 7) is 5.87. The van der Waals surface area contributed by atoms with Gasteiger partial charge in [-0.05, 0) is 56.0 Å². The molecule has 7 heteroatoms. The van der Waals surface area contributed by atoms with Crippen LogP contribution < -0.4 is 20.3 Å². The van der Waals surface area contributed by atoms with Gasteiger partial charge in [0.15, 0.2) is 5.96 Å². The van der Waals surface area contributed by atoms with Crippen molar-refractivity contribution in [3.05, 3.63) is 59.9 Å². The van der Waals surface area contributed by atoms with E-state index in [2.05, 4.69) is 15.6 Å². The molecule has 31 heavy (non-hydrogen) atoms. The lowest BCUT2D eigenvalue weighted by atomic mass is 10.1. The van der Waals surface area contributed by atoms with Crippen molar-refractivity contribution in [1.29, 1.82) is 0 Å². The zero-order valence-corrected chi connectivity index (χ0v) is 18.2. The number of ether oxygens (including phenoxy) is 1. The van der Waals surface area contributed by atoms with Gasteiger partial charge in [0.25, 0.3) is 0 Å². The second-order valence-electron chi connectivity index (χ2n) is 7.64. The molecule has 0 bridgehead atoms. The molecule has 1 fully saturated rings. The number of piperidine rings is 1. The number of hydrogen-bond donors (Lipinski definition) is 3. The van der Waals surface area contributed by atoms with Crippen LogP contribution in [0.25, 0.3) is 0 Å². The summed E-state index contributed by atoms with van der Waals surface area (Å²) in [5, 5.41) is 16.2. The summed E-state index contributed by atoms with van der Waals surface area (Å²) in [6.07, 6.45) is 1.93. The predicted molar refractivity (Wildman–Crippen MR) is 123 cm³/mol. The highest BCUT2D eigenvalue weighted by Gasteiger charge is 2.19. The van der Waals surface area contributed by atoms with Crippen LogP contribution in [0.3, 0.4) is 0 Å². The maximum atomic E-state index is 14.6. The van der Waals surface area contributed by atoms with Gasteiger partial charge >= 0.3 is 0 Å². The SMILES string of the molecule is CCNC(=NCc1ccc(N2CCC(O)CC2)c(F)c1)NCCCOc1ccccc1. The maximum Gasteiger partial charge on any atom is 0.191 e. The molecule has 0 spiro atoms. The van der Waals surface area contributed by atoms with E-state index >= 15 is 0 Å². The lowest BCUT2D eigenvalue weighted by molar-refractivity contribution is 0.145. The third-order valence-electron chi connectivity index (χ3n) is 5.21. The van der Waals surface area contributed by atoms with E-state index < -0.39 is 0 Å². The number of hydrogen-bond acceptors (Lipinski definition) is 4. The number of para-hydroxylation sites is 1. The summed E-state index contributed by atoms with van der Waals surface area (Å²) in [5.41, 5.74) is 1.42. The van der Waals surface area contributed by atoms with Crippen LogP contribution in [0.5, 0.6) is 5.75 Å². The number of benzene rings is 2. The van der Waals surface area contributed by atoms with Gasteiger partial charge < -0.3 is 25.4 Å². The molecule has 3 rings (SSSR count). The fourth-order valence-electron chi connectivity index (χ4n) is 3.51. The topological polar surface area (TPSA) is 69.1 Å². The van der Waals surface area contributed by atoms with Gasteiger partial charge in [0.1, 0.15) is 11.6 Å². The van der Waals surface area contributed by atoms with Gasteiger partial charge in [-0.25, -0.2) is 9.38 Å². The lowest BCUT2D eigenvalue weighted by Crippen LogP contribution is -2.38. The van der Waals surface area contributed by atoms with E-state index in [0.717, 1.165) is 30.8 Å². The molecule has 1 aliphatic heterocycles. The molecule has 0 unspecified atom stereocenters. The largest absolute Gasteiger partial charge is 0.494 e. The average molecular weight is 429 g/mol. The van der Waals surface area contributed by atoms with Crippen LogP contribution in [0.15, 0.2) is 53.5 Å². The molecule has 0 amide bonds. The van der Waals surface area contributed by atoms with E-state index in [4.69, 9.17) is 4.74 Å². The first-order valence-corrected chi connectivity index (χ1v) is 11.1. The Bertz CT molecular complexity index is 824. The highest BCUT2D eigenvalue weighted by molar-refractivity contribution is 5.79. The Morgan fingerprint density at radius 1 is 1.16 bits per heavy atom. The molecule has 0 saturated carbocycles. The molecule has 1 heterocycles. The fraction of sp³-hybridized carbons (Fsp3) is 0.458. The molecule has 0 aliphatic carbocycles. The molecule has 3 N–H and O–H groups in total. The number of rotatable bonds is 9. The first kappa shape index (κ1) is 22.9. The van der Waals surface area contributed by atoms with Gasteiger partial charge in [-0.3, -0.25) is 0 Å². The standard InChI is InChI=1S/C24H33FN4O2/c1-2-26-24(27-13-6-16-31-21-7-4-3-5-8-21)28-18-19-9-10-23(22(25)17-19)29-14-11-20(30)12-15-29/h3-5,7-10,17,20,30H,2,6,11-16,18H2,1H3,(H2,26,27,28). The van der Waals surface area contributed by atoms with Gasteiger partial charge in [0, 0.05) is 26.2 Å². The predicted octanol–water partition coefficient (Wildman–Crippen LogP) is 3.31. The van der Waals surface area contributed by atoms with Crippen LogP contribution in [-0.4, -0.2) is 50.0 Å². The molecular weight excluding hydrogens is 395 g/mol. The molecule has 168 valence electrons. The Kier molecular flexibility index (Phi) is 8.97. The first-order valence-electron chi connectivity index (χ1n) is 11.1. The number of aliphatic hydroxyl groups excluding tert-OH is 1. The molecule has 0 radical (unpaired) electrons. The van der Waals surface area contributed by atoms with E-state index in [1.165, 1.54) is 0 Å². The normalized spacial score (nSPS) is 15.1. The molecule has 0 aromatic heterocycles. The van der Waals surface area contributed by atoms with Crippen molar-refractivity contribution in [2.45, 2.75) is 38.8 Å². The molecule has 1 aliphatic rings. The van der Waals surface area contributed by atoms with E-state index in [1.807, 2.05) is 54.3 Å². The zero-order valence-electron chi connectivity index (χ0n) is 18.2. The Labute approximate surface area is 184 Å². The number of nitrogens with one attached hydrogen (secondary N) is 2. The number of guanidine groups is 1. The van der Waals surface area contributed by atoms with Gasteiger partial charge in [-0.15, -0.1) is 0 Å². The van der Waals surface area contributed by atoms with E-state index in [9.17, 15) is 9.50 Å². The minimum Gasteiger partial charge on any atom is -0.494 e. The highest BCUT2D eigenvalue weighted by Crippen LogP contribution is 2.24. The Morgan fingerprint density at radius 2 is 1.94 bits per heavy atom. The summed E-state index contributed by atoms with van der Waals surface area (Å²) in [4.78, 5) is 6.57. The Morgan fingerprint density at radius 3 is 2.65 bits per heavy atom. The molecule has 2 aromatic carbocycles. The highest BCUT2D eigenvalue weighted by atomic mass is 19.1. The van der Waals surface area contributed by atoms with Crippen molar-refractivity contribution in [2.75, 3.05) is 37.7 Å². The van der Waals surface area contributed by atoms with E-state index in [1.54, 1.807) is 6.07 Å². The number of aliphatic imine (C=N–C) groups is 1. The molecule has 6 nitrogen and oxygen atoms in total. The number of anilines is 1. The number of aliphatic hydroxyl groups is 1. The van der Waals surface area contributed by atoms with Crippen LogP contribution >= 0.6 is 0 Å². The molecule has 2 aromatic rings. The number of nitrogens with zero attached hydrogens (tertiary/aromatic N) is 2. The lowest BCUT2D eigenvalue weighted by Gasteiger charge is -2.31. The quantitative estimate of drug-likeness (QED) is 0.325. The summed E-state index contributed by atoms with van der Waals surface area (Å²) >= 11 is 0. The summed E-state index contributed by atoms with van der Waals surface area (Å²) < 4.78 is 20.3. The van der Waals surface area contributed by atoms with E-state index in [0.29, 0.717) is 50.7 Å². The van der Waals surface area contributed by atoms with Gasteiger partial charge in [0.2, 0.25) is 0 Å². The number of halogens is 1. The Balaban J connectivity index is 1.47. The van der Waals surface area contributed by atoms with Crippen molar-refractivity contribution >= 4 is 11.6 Å². The van der Waals surface area contributed by atoms with Crippen LogP contribution in [0.2, 0.25) is 0 Å². The van der Waals surface area contributed by atoms with Gasteiger partial charge in [-0.2, -0.15) is 0 Å². The minimum absolute atomic E-state index is 0.236. The molecular formula is C24H33FN4O2. The summed E-state index contributed by atoms with van der Waals surface area (Å²) in [7, 11) is 0. The fourth-order valence-corrected chi connectivity index (χ4v) is 3.51. The summed E-state index contributed by atoms with van der Waals surface area (Å²) in [5.74, 6) is 1.34. The zero-order chi connectivity index (χ0) is 21.9. The van der Waals surface area contributed by atoms with Crippen LogP contribution in [0.1, 0.15) is 31.7 Å². The van der Waals surface area contributed by atoms with Crippen molar-refractivity contribution < 1.29 is 14.2 Å². The van der Waals surface area contributed by atoms with Crippen molar-refractivity contribution in [1.82, 2.24) is 10.6 Å². The second kappa shape index (κ2) is 12.2. The minimum atomic E-state index is -0.269. The van der Waals surface area contributed by atoms with Crippen LogP contribution in [-0.2, 0) is 6.54 Å². The van der Waals surface area contributed by atoms with Crippen LogP contribution in [0.4, 0.5) is 10.1 Å². The van der Waals surface area contributed by atoms with Crippen molar-refractivity contribution in [3.8, 4) is 5.75 Å². The van der Waals surface area contributed by atoms with Gasteiger partial charge in [0.05, 0.1) is 24.9 Å². The third kappa shape index (κ3) is 7.43. The molecule has 1 saturated heterocycles. The Hall–Kier alpha value is -2.80. The average Bonchev–Trinajstić information content (AvgIpc) is 2.79. The van der Waals surface area contributed by atoms with Crippen molar-refractivity contribution in [3.63, 3.8) is 0 Å². The monoisotopic (exact) mass is 428 g/mol.